The molecule has 0 unspecified atom stereocenters. The lowest BCUT2D eigenvalue weighted by Gasteiger charge is -2.17. The molecule has 1 aromatic heterocycles. The Bertz CT molecular complexity index is 622. The number of carbonyl (C=O) groups is 2. The van der Waals surface area contributed by atoms with Gasteiger partial charge in [-0.3, -0.25) is 0 Å². The first-order valence-electron chi connectivity index (χ1n) is 11.6. The van der Waals surface area contributed by atoms with Gasteiger partial charge in [-0.1, -0.05) is 98.0 Å². The molecule has 0 bridgehead atoms. The standard InChI is InChI=1S/C25H41NO4/c1-5-6-7-8-9-10-11-12-13-14-15-19-29-23(27)21-17-16-18-22(26-21)24(28)30-20-25(2,3)4/h16-18H,5-15,19-20H2,1-4H3. The van der Waals surface area contributed by atoms with Gasteiger partial charge in [-0.15, -0.1) is 0 Å². The lowest BCUT2D eigenvalue weighted by atomic mass is 9.99. The molecule has 0 aliphatic heterocycles. The zero-order valence-electron chi connectivity index (χ0n) is 19.5. The first-order valence-corrected chi connectivity index (χ1v) is 11.6. The molecule has 0 saturated heterocycles. The maximum Gasteiger partial charge on any atom is 0.356 e. The van der Waals surface area contributed by atoms with Gasteiger partial charge in [0.25, 0.3) is 0 Å². The van der Waals surface area contributed by atoms with Crippen LogP contribution in [-0.2, 0) is 9.47 Å². The van der Waals surface area contributed by atoms with E-state index in [-0.39, 0.29) is 16.8 Å². The molecule has 1 aromatic rings. The van der Waals surface area contributed by atoms with Gasteiger partial charge in [-0.2, -0.15) is 0 Å². The van der Waals surface area contributed by atoms with E-state index in [4.69, 9.17) is 9.47 Å². The largest absolute Gasteiger partial charge is 0.461 e. The molecule has 1 heterocycles. The predicted octanol–water partition coefficient (Wildman–Crippen LogP) is 6.75. The van der Waals surface area contributed by atoms with Crippen molar-refractivity contribution in [2.24, 2.45) is 5.41 Å². The van der Waals surface area contributed by atoms with Crippen LogP contribution in [0.5, 0.6) is 0 Å². The molecule has 30 heavy (non-hydrogen) atoms. The van der Waals surface area contributed by atoms with Crippen molar-refractivity contribution < 1.29 is 19.1 Å². The van der Waals surface area contributed by atoms with Crippen LogP contribution in [0, 0.1) is 5.41 Å². The highest BCUT2D eigenvalue weighted by atomic mass is 16.5. The molecule has 170 valence electrons. The molecule has 0 spiro atoms. The Kier molecular flexibility index (Phi) is 13.0. The van der Waals surface area contributed by atoms with Crippen LogP contribution < -0.4 is 0 Å². The van der Waals surface area contributed by atoms with Gasteiger partial charge >= 0.3 is 11.9 Å². The SMILES string of the molecule is CCCCCCCCCCCCCOC(=O)c1cccc(C(=O)OCC(C)(C)C)n1. The van der Waals surface area contributed by atoms with Crippen LogP contribution in [-0.4, -0.2) is 30.1 Å². The number of esters is 2. The molecule has 0 aliphatic rings. The minimum absolute atomic E-state index is 0.124. The van der Waals surface area contributed by atoms with E-state index in [0.29, 0.717) is 13.2 Å². The number of rotatable bonds is 15. The summed E-state index contributed by atoms with van der Waals surface area (Å²) in [4.78, 5) is 28.4. The van der Waals surface area contributed by atoms with Crippen molar-refractivity contribution >= 4 is 11.9 Å². The molecule has 0 radical (unpaired) electrons. The summed E-state index contributed by atoms with van der Waals surface area (Å²) >= 11 is 0. The number of hydrogen-bond acceptors (Lipinski definition) is 5. The number of unbranched alkanes of at least 4 members (excludes halogenated alkanes) is 10. The monoisotopic (exact) mass is 419 g/mol. The fourth-order valence-corrected chi connectivity index (χ4v) is 3.02. The summed E-state index contributed by atoms with van der Waals surface area (Å²) in [6.07, 6.45) is 13.7. The molecule has 5 nitrogen and oxygen atoms in total. The molecule has 1 rings (SSSR count). The van der Waals surface area contributed by atoms with E-state index >= 15 is 0 Å². The number of ether oxygens (including phenoxy) is 2. The van der Waals surface area contributed by atoms with Crippen LogP contribution in [0.1, 0.15) is 119 Å². The van der Waals surface area contributed by atoms with Gasteiger partial charge in [-0.05, 0) is 24.0 Å². The van der Waals surface area contributed by atoms with Crippen LogP contribution in [0.3, 0.4) is 0 Å². The summed E-state index contributed by atoms with van der Waals surface area (Å²) in [5.41, 5.74) is 0.146. The predicted molar refractivity (Wildman–Crippen MR) is 121 cm³/mol. The Hall–Kier alpha value is -1.91. The normalized spacial score (nSPS) is 11.3. The molecule has 0 saturated carbocycles. The minimum atomic E-state index is -0.523. The van der Waals surface area contributed by atoms with Gasteiger partial charge in [-0.25, -0.2) is 14.6 Å². The first kappa shape index (κ1) is 26.1. The molecular formula is C25H41NO4. The van der Waals surface area contributed by atoms with E-state index in [1.165, 1.54) is 57.8 Å². The third-order valence-electron chi connectivity index (χ3n) is 4.78. The van der Waals surface area contributed by atoms with E-state index in [2.05, 4.69) is 11.9 Å². The average Bonchev–Trinajstić information content (AvgIpc) is 2.72. The number of hydrogen-bond donors (Lipinski definition) is 0. The van der Waals surface area contributed by atoms with E-state index in [9.17, 15) is 9.59 Å². The second kappa shape index (κ2) is 15.0. The fraction of sp³-hybridized carbons (Fsp3) is 0.720. The van der Waals surface area contributed by atoms with E-state index < -0.39 is 11.9 Å². The number of nitrogens with zero attached hydrogens (tertiary/aromatic N) is 1. The van der Waals surface area contributed by atoms with E-state index in [1.54, 1.807) is 18.2 Å². The van der Waals surface area contributed by atoms with Gasteiger partial charge < -0.3 is 9.47 Å². The van der Waals surface area contributed by atoms with E-state index in [1.807, 2.05) is 20.8 Å². The van der Waals surface area contributed by atoms with Crippen molar-refractivity contribution in [1.82, 2.24) is 4.98 Å². The Balaban J connectivity index is 2.18. The average molecular weight is 420 g/mol. The lowest BCUT2D eigenvalue weighted by molar-refractivity contribution is 0.0359. The third kappa shape index (κ3) is 12.6. The Labute approximate surface area is 183 Å². The molecule has 0 atom stereocenters. The van der Waals surface area contributed by atoms with Gasteiger partial charge in [0.2, 0.25) is 0 Å². The number of carbonyl (C=O) groups excluding carboxylic acids is 2. The van der Waals surface area contributed by atoms with Crippen LogP contribution in [0.25, 0.3) is 0 Å². The second-order valence-corrected chi connectivity index (χ2v) is 9.22. The third-order valence-corrected chi connectivity index (χ3v) is 4.78. The summed E-state index contributed by atoms with van der Waals surface area (Å²) < 4.78 is 10.6. The smallest absolute Gasteiger partial charge is 0.356 e. The summed E-state index contributed by atoms with van der Waals surface area (Å²) in [6.45, 7) is 8.87. The molecule has 0 N–H and O–H groups in total. The summed E-state index contributed by atoms with van der Waals surface area (Å²) in [6, 6.07) is 4.73. The van der Waals surface area contributed by atoms with Crippen molar-refractivity contribution in [3.05, 3.63) is 29.6 Å². The lowest BCUT2D eigenvalue weighted by Crippen LogP contribution is -2.19. The molecular weight excluding hydrogens is 378 g/mol. The van der Waals surface area contributed by atoms with Crippen molar-refractivity contribution in [3.63, 3.8) is 0 Å². The number of pyridine rings is 1. The Morgan fingerprint density at radius 3 is 1.73 bits per heavy atom. The van der Waals surface area contributed by atoms with Crippen molar-refractivity contribution in [1.29, 1.82) is 0 Å². The Morgan fingerprint density at radius 2 is 1.23 bits per heavy atom. The fourth-order valence-electron chi connectivity index (χ4n) is 3.02. The molecule has 0 aromatic carbocycles. The zero-order chi connectivity index (χ0) is 22.2. The van der Waals surface area contributed by atoms with Crippen molar-refractivity contribution in [2.45, 2.75) is 98.3 Å². The summed E-state index contributed by atoms with van der Waals surface area (Å²) in [7, 11) is 0. The molecule has 0 aliphatic carbocycles. The maximum atomic E-state index is 12.2. The van der Waals surface area contributed by atoms with Gasteiger partial charge in [0.15, 0.2) is 0 Å². The highest BCUT2D eigenvalue weighted by Crippen LogP contribution is 2.14. The van der Waals surface area contributed by atoms with Crippen molar-refractivity contribution in [2.75, 3.05) is 13.2 Å². The van der Waals surface area contributed by atoms with Gasteiger partial charge in [0, 0.05) is 0 Å². The number of aromatic nitrogens is 1. The van der Waals surface area contributed by atoms with Crippen LogP contribution in [0.15, 0.2) is 18.2 Å². The zero-order valence-corrected chi connectivity index (χ0v) is 19.5. The first-order chi connectivity index (χ1) is 14.3. The van der Waals surface area contributed by atoms with Crippen LogP contribution >= 0.6 is 0 Å². The Morgan fingerprint density at radius 1 is 0.767 bits per heavy atom. The van der Waals surface area contributed by atoms with E-state index in [0.717, 1.165) is 12.8 Å². The highest BCUT2D eigenvalue weighted by molar-refractivity contribution is 5.91. The quantitative estimate of drug-likeness (QED) is 0.232. The highest BCUT2D eigenvalue weighted by Gasteiger charge is 2.17. The second-order valence-electron chi connectivity index (χ2n) is 9.22. The van der Waals surface area contributed by atoms with Crippen molar-refractivity contribution in [3.8, 4) is 0 Å². The minimum Gasteiger partial charge on any atom is -0.461 e. The summed E-state index contributed by atoms with van der Waals surface area (Å²) in [5, 5.41) is 0. The molecule has 0 fully saturated rings. The topological polar surface area (TPSA) is 65.5 Å². The van der Waals surface area contributed by atoms with Crippen LogP contribution in [0.4, 0.5) is 0 Å². The van der Waals surface area contributed by atoms with Gasteiger partial charge in [0.1, 0.15) is 11.4 Å². The van der Waals surface area contributed by atoms with Crippen LogP contribution in [0.2, 0.25) is 0 Å². The maximum absolute atomic E-state index is 12.2. The summed E-state index contributed by atoms with van der Waals surface area (Å²) in [5.74, 6) is -1.02. The molecule has 0 amide bonds. The van der Waals surface area contributed by atoms with Gasteiger partial charge in [0.05, 0.1) is 13.2 Å². The molecule has 5 heteroatoms.